The lowest BCUT2D eigenvalue weighted by Crippen LogP contribution is -2.27. The number of para-hydroxylation sites is 1. The van der Waals surface area contributed by atoms with Crippen LogP contribution in [0.2, 0.25) is 5.02 Å². The van der Waals surface area contributed by atoms with Gasteiger partial charge in [-0.25, -0.2) is 4.98 Å². The van der Waals surface area contributed by atoms with Crippen LogP contribution in [0, 0.1) is 6.92 Å². The van der Waals surface area contributed by atoms with Gasteiger partial charge in [-0.05, 0) is 67.3 Å². The zero-order chi connectivity index (χ0) is 23.7. The molecule has 5 rings (SSSR count). The number of benzene rings is 3. The van der Waals surface area contributed by atoms with E-state index in [2.05, 4.69) is 0 Å². The standard InChI is InChI=1S/C27H24ClN3O2S/c1-18-22(28)8-6-10-24(18)31-26(33)21-7-2-3-9-23(21)29-27(31)34-17-19-11-13-20(14-12-19)25(32)30-15-4-5-16-30/h2-3,6-14H,4-5,15-17H2,1H3. The lowest BCUT2D eigenvalue weighted by Gasteiger charge is -2.16. The molecule has 172 valence electrons. The van der Waals surface area contributed by atoms with E-state index >= 15 is 0 Å². The molecule has 1 saturated heterocycles. The quantitative estimate of drug-likeness (QED) is 0.259. The van der Waals surface area contributed by atoms with Crippen molar-refractivity contribution >= 4 is 40.2 Å². The van der Waals surface area contributed by atoms with Gasteiger partial charge in [0, 0.05) is 29.4 Å². The van der Waals surface area contributed by atoms with Crippen LogP contribution in [0.4, 0.5) is 0 Å². The van der Waals surface area contributed by atoms with Gasteiger partial charge in [0.1, 0.15) is 0 Å². The van der Waals surface area contributed by atoms with Crippen LogP contribution in [-0.4, -0.2) is 33.4 Å². The van der Waals surface area contributed by atoms with Crippen LogP contribution in [0.25, 0.3) is 16.6 Å². The van der Waals surface area contributed by atoms with Crippen molar-refractivity contribution in [2.75, 3.05) is 13.1 Å². The first-order valence-corrected chi connectivity index (χ1v) is 12.7. The third kappa shape index (κ3) is 4.36. The molecule has 2 heterocycles. The Balaban J connectivity index is 1.47. The van der Waals surface area contributed by atoms with Crippen molar-refractivity contribution in [1.29, 1.82) is 0 Å². The molecule has 5 nitrogen and oxygen atoms in total. The largest absolute Gasteiger partial charge is 0.339 e. The maximum atomic E-state index is 13.5. The fourth-order valence-electron chi connectivity index (χ4n) is 4.25. The van der Waals surface area contributed by atoms with Crippen LogP contribution in [0.1, 0.15) is 34.3 Å². The van der Waals surface area contributed by atoms with Crippen molar-refractivity contribution in [2.24, 2.45) is 0 Å². The minimum Gasteiger partial charge on any atom is -0.339 e. The molecule has 0 unspecified atom stereocenters. The third-order valence-corrected chi connectivity index (χ3v) is 7.61. The van der Waals surface area contributed by atoms with Crippen molar-refractivity contribution in [3.63, 3.8) is 0 Å². The van der Waals surface area contributed by atoms with E-state index in [1.165, 1.54) is 11.8 Å². The molecule has 0 saturated carbocycles. The molecule has 1 fully saturated rings. The molecule has 0 radical (unpaired) electrons. The van der Waals surface area contributed by atoms with E-state index in [9.17, 15) is 9.59 Å². The first-order valence-electron chi connectivity index (χ1n) is 11.3. The Morgan fingerprint density at radius 1 is 1.00 bits per heavy atom. The normalized spacial score (nSPS) is 13.5. The number of likely N-dealkylation sites (tertiary alicyclic amines) is 1. The maximum absolute atomic E-state index is 13.5. The number of hydrogen-bond acceptors (Lipinski definition) is 4. The fraction of sp³-hybridized carbons (Fsp3) is 0.222. The van der Waals surface area contributed by atoms with E-state index in [1.807, 2.05) is 72.5 Å². The number of aromatic nitrogens is 2. The summed E-state index contributed by atoms with van der Waals surface area (Å²) in [7, 11) is 0. The van der Waals surface area contributed by atoms with E-state index in [0.29, 0.717) is 32.4 Å². The molecule has 3 aromatic carbocycles. The summed E-state index contributed by atoms with van der Waals surface area (Å²) >= 11 is 7.86. The van der Waals surface area contributed by atoms with E-state index in [4.69, 9.17) is 16.6 Å². The number of amides is 1. The molecule has 0 aliphatic carbocycles. The number of fused-ring (bicyclic) bond motifs is 1. The van der Waals surface area contributed by atoms with E-state index in [0.717, 1.165) is 42.7 Å². The molecule has 0 N–H and O–H groups in total. The molecule has 4 aromatic rings. The van der Waals surface area contributed by atoms with Crippen LogP contribution >= 0.6 is 23.4 Å². The van der Waals surface area contributed by atoms with Crippen LogP contribution in [0.3, 0.4) is 0 Å². The number of rotatable bonds is 5. The Morgan fingerprint density at radius 3 is 2.50 bits per heavy atom. The predicted octanol–water partition coefficient (Wildman–Crippen LogP) is 5.88. The van der Waals surface area contributed by atoms with Gasteiger partial charge in [0.05, 0.1) is 16.6 Å². The second-order valence-corrected chi connectivity index (χ2v) is 9.77. The van der Waals surface area contributed by atoms with Crippen LogP contribution in [-0.2, 0) is 5.75 Å². The monoisotopic (exact) mass is 489 g/mol. The molecular formula is C27H24ClN3O2S. The Hall–Kier alpha value is -3.09. The molecule has 7 heteroatoms. The zero-order valence-electron chi connectivity index (χ0n) is 18.8. The predicted molar refractivity (Wildman–Crippen MR) is 138 cm³/mol. The number of carbonyl (C=O) groups excluding carboxylic acids is 1. The molecule has 1 aliphatic rings. The molecule has 0 atom stereocenters. The highest BCUT2D eigenvalue weighted by molar-refractivity contribution is 7.98. The van der Waals surface area contributed by atoms with E-state index in [1.54, 1.807) is 10.6 Å². The van der Waals surface area contributed by atoms with Crippen molar-refractivity contribution in [3.05, 3.63) is 98.8 Å². The van der Waals surface area contributed by atoms with Crippen molar-refractivity contribution in [2.45, 2.75) is 30.7 Å². The maximum Gasteiger partial charge on any atom is 0.266 e. The Morgan fingerprint density at radius 2 is 1.74 bits per heavy atom. The number of carbonyl (C=O) groups is 1. The lowest BCUT2D eigenvalue weighted by atomic mass is 10.1. The highest BCUT2D eigenvalue weighted by Gasteiger charge is 2.19. The second-order valence-electron chi connectivity index (χ2n) is 8.42. The summed E-state index contributed by atoms with van der Waals surface area (Å²) < 4.78 is 1.65. The summed E-state index contributed by atoms with van der Waals surface area (Å²) in [5.74, 6) is 0.709. The number of halogens is 1. The van der Waals surface area contributed by atoms with E-state index in [-0.39, 0.29) is 11.5 Å². The summed E-state index contributed by atoms with van der Waals surface area (Å²) in [6, 6.07) is 20.7. The lowest BCUT2D eigenvalue weighted by molar-refractivity contribution is 0.0793. The average molecular weight is 490 g/mol. The fourth-order valence-corrected chi connectivity index (χ4v) is 5.39. The third-order valence-electron chi connectivity index (χ3n) is 6.19. The van der Waals surface area contributed by atoms with Gasteiger partial charge >= 0.3 is 0 Å². The van der Waals surface area contributed by atoms with Crippen molar-refractivity contribution < 1.29 is 4.79 Å². The topological polar surface area (TPSA) is 55.2 Å². The highest BCUT2D eigenvalue weighted by atomic mass is 35.5. The van der Waals surface area contributed by atoms with Gasteiger partial charge in [0.25, 0.3) is 11.5 Å². The van der Waals surface area contributed by atoms with Gasteiger partial charge < -0.3 is 4.90 Å². The summed E-state index contributed by atoms with van der Waals surface area (Å²) in [6.45, 7) is 3.58. The molecule has 1 aromatic heterocycles. The molecule has 1 aliphatic heterocycles. The van der Waals surface area contributed by atoms with Gasteiger partial charge in [-0.15, -0.1) is 0 Å². The number of hydrogen-bond donors (Lipinski definition) is 0. The summed E-state index contributed by atoms with van der Waals surface area (Å²) in [6.07, 6.45) is 2.15. The van der Waals surface area contributed by atoms with Gasteiger partial charge in [-0.3, -0.25) is 14.2 Å². The van der Waals surface area contributed by atoms with Crippen molar-refractivity contribution in [3.8, 4) is 5.69 Å². The van der Waals surface area contributed by atoms with Crippen LogP contribution < -0.4 is 5.56 Å². The number of thioether (sulfide) groups is 1. The summed E-state index contributed by atoms with van der Waals surface area (Å²) in [5.41, 5.74) is 3.87. The van der Waals surface area contributed by atoms with Gasteiger partial charge in [0.15, 0.2) is 5.16 Å². The Bertz CT molecular complexity index is 1430. The average Bonchev–Trinajstić information content (AvgIpc) is 3.40. The van der Waals surface area contributed by atoms with Crippen LogP contribution in [0.5, 0.6) is 0 Å². The Kier molecular flexibility index (Phi) is 6.44. The summed E-state index contributed by atoms with van der Waals surface area (Å²) in [4.78, 5) is 32.8. The van der Waals surface area contributed by atoms with Crippen molar-refractivity contribution in [1.82, 2.24) is 14.5 Å². The first-order chi connectivity index (χ1) is 16.5. The number of nitrogens with zero attached hydrogens (tertiary/aromatic N) is 3. The molecule has 0 spiro atoms. The van der Waals surface area contributed by atoms with E-state index < -0.39 is 0 Å². The Labute approximate surface area is 207 Å². The molecule has 1 amide bonds. The second kappa shape index (κ2) is 9.65. The van der Waals surface area contributed by atoms with Gasteiger partial charge in [-0.1, -0.05) is 53.7 Å². The molecule has 0 bridgehead atoms. The zero-order valence-corrected chi connectivity index (χ0v) is 20.4. The van der Waals surface area contributed by atoms with Gasteiger partial charge in [0.2, 0.25) is 0 Å². The SMILES string of the molecule is Cc1c(Cl)cccc1-n1c(SCc2ccc(C(=O)N3CCCC3)cc2)nc2ccccc2c1=O. The minimum atomic E-state index is -0.120. The first kappa shape index (κ1) is 22.7. The smallest absolute Gasteiger partial charge is 0.266 e. The molecule has 34 heavy (non-hydrogen) atoms. The highest BCUT2D eigenvalue weighted by Crippen LogP contribution is 2.28. The van der Waals surface area contributed by atoms with Gasteiger partial charge in [-0.2, -0.15) is 0 Å². The van der Waals surface area contributed by atoms with Crippen LogP contribution in [0.15, 0.2) is 76.7 Å². The summed E-state index contributed by atoms with van der Waals surface area (Å²) in [5, 5.41) is 1.77. The molecular weight excluding hydrogens is 466 g/mol. The minimum absolute atomic E-state index is 0.0955.